The van der Waals surface area contributed by atoms with Crippen molar-refractivity contribution < 1.29 is 14.4 Å². The van der Waals surface area contributed by atoms with Crippen molar-refractivity contribution in [2.45, 2.75) is 32.2 Å². The van der Waals surface area contributed by atoms with Crippen molar-refractivity contribution >= 4 is 17.7 Å². The first kappa shape index (κ1) is 23.0. The van der Waals surface area contributed by atoms with E-state index in [1.807, 2.05) is 36.4 Å². The fourth-order valence-corrected chi connectivity index (χ4v) is 3.79. The monoisotopic (exact) mass is 432 g/mol. The third-order valence-corrected chi connectivity index (χ3v) is 5.61. The number of nitrogens with one attached hydrogen (secondary N) is 2. The molecule has 1 aliphatic rings. The molecule has 2 N–H and O–H groups in total. The Labute approximate surface area is 188 Å². The van der Waals surface area contributed by atoms with Crippen molar-refractivity contribution in [3.63, 3.8) is 0 Å². The van der Waals surface area contributed by atoms with Gasteiger partial charge in [-0.1, -0.05) is 36.4 Å². The molecule has 2 aromatic rings. The summed E-state index contributed by atoms with van der Waals surface area (Å²) in [7, 11) is 0. The van der Waals surface area contributed by atoms with E-state index in [0.29, 0.717) is 56.6 Å². The zero-order valence-corrected chi connectivity index (χ0v) is 18.0. The number of carbonyl (C=O) groups excluding carboxylic acids is 3. The molecule has 0 saturated carbocycles. The normalized spacial score (nSPS) is 17.4. The Morgan fingerprint density at radius 2 is 1.91 bits per heavy atom. The van der Waals surface area contributed by atoms with Gasteiger partial charge < -0.3 is 15.5 Å². The zero-order chi connectivity index (χ0) is 22.8. The highest BCUT2D eigenvalue weighted by molar-refractivity contribution is 5.94. The summed E-state index contributed by atoms with van der Waals surface area (Å²) in [4.78, 5) is 39.6. The number of nitrogens with zero attached hydrogens (tertiary/aromatic N) is 2. The lowest BCUT2D eigenvalue weighted by molar-refractivity contribution is -0.126. The molecule has 7 nitrogen and oxygen atoms in total. The van der Waals surface area contributed by atoms with Crippen LogP contribution in [0.1, 0.15) is 47.2 Å². The third-order valence-electron chi connectivity index (χ3n) is 5.61. The summed E-state index contributed by atoms with van der Waals surface area (Å²) in [6.45, 7) is 1.64. The summed E-state index contributed by atoms with van der Waals surface area (Å²) in [6, 6.07) is 18.3. The molecule has 2 aromatic carbocycles. The quantitative estimate of drug-likeness (QED) is 0.775. The highest BCUT2D eigenvalue weighted by Gasteiger charge is 2.22. The maximum Gasteiger partial charge on any atom is 0.253 e. The van der Waals surface area contributed by atoms with E-state index in [4.69, 9.17) is 5.26 Å². The van der Waals surface area contributed by atoms with Crippen LogP contribution in [0.25, 0.3) is 0 Å². The number of amides is 3. The van der Waals surface area contributed by atoms with E-state index >= 15 is 0 Å². The number of rotatable bonds is 4. The summed E-state index contributed by atoms with van der Waals surface area (Å²) in [5.74, 6) is -0.629. The molecule has 0 bridgehead atoms. The molecule has 1 unspecified atom stereocenters. The number of carbonyl (C=O) groups is 3. The Kier molecular flexibility index (Phi) is 8.38. The molecule has 7 heteroatoms. The summed E-state index contributed by atoms with van der Waals surface area (Å²) < 4.78 is 0. The Morgan fingerprint density at radius 1 is 1.09 bits per heavy atom. The first-order valence-corrected chi connectivity index (χ1v) is 10.9. The van der Waals surface area contributed by atoms with E-state index in [9.17, 15) is 14.4 Å². The SMILES string of the molecule is N#Cc1cccc(C(=O)N2CCCC(C(=O)NCc3ccccc3)CCNC(=O)CC2)c1. The molecule has 0 aliphatic carbocycles. The van der Waals surface area contributed by atoms with Crippen LogP contribution in [0.5, 0.6) is 0 Å². The fourth-order valence-electron chi connectivity index (χ4n) is 3.79. The number of nitriles is 1. The third kappa shape index (κ3) is 6.67. The van der Waals surface area contributed by atoms with Crippen LogP contribution in [0.15, 0.2) is 54.6 Å². The highest BCUT2D eigenvalue weighted by Crippen LogP contribution is 2.16. The molecule has 32 heavy (non-hydrogen) atoms. The van der Waals surface area contributed by atoms with Gasteiger partial charge in [0.2, 0.25) is 11.8 Å². The van der Waals surface area contributed by atoms with Crippen molar-refractivity contribution in [3.05, 3.63) is 71.3 Å². The topological polar surface area (TPSA) is 102 Å². The van der Waals surface area contributed by atoms with Gasteiger partial charge in [-0.3, -0.25) is 14.4 Å². The smallest absolute Gasteiger partial charge is 0.253 e. The largest absolute Gasteiger partial charge is 0.356 e. The maximum atomic E-state index is 13.0. The lowest BCUT2D eigenvalue weighted by Gasteiger charge is -2.23. The van der Waals surface area contributed by atoms with Crippen molar-refractivity contribution in [3.8, 4) is 6.07 Å². The van der Waals surface area contributed by atoms with Gasteiger partial charge in [0.15, 0.2) is 0 Å². The van der Waals surface area contributed by atoms with Crippen LogP contribution in [-0.2, 0) is 16.1 Å². The van der Waals surface area contributed by atoms with E-state index in [-0.39, 0.29) is 30.1 Å². The molecular formula is C25H28N4O3. The van der Waals surface area contributed by atoms with Gasteiger partial charge in [-0.25, -0.2) is 0 Å². The molecule has 1 aliphatic heterocycles. The number of benzene rings is 2. The van der Waals surface area contributed by atoms with Gasteiger partial charge in [0.05, 0.1) is 11.6 Å². The molecule has 1 heterocycles. The van der Waals surface area contributed by atoms with Crippen LogP contribution >= 0.6 is 0 Å². The van der Waals surface area contributed by atoms with E-state index < -0.39 is 0 Å². The zero-order valence-electron chi connectivity index (χ0n) is 18.0. The minimum atomic E-state index is -0.240. The van der Waals surface area contributed by atoms with Gasteiger partial charge in [-0.05, 0) is 43.0 Å². The highest BCUT2D eigenvalue weighted by atomic mass is 16.2. The maximum absolute atomic E-state index is 13.0. The molecule has 0 radical (unpaired) electrons. The molecule has 1 atom stereocenters. The first-order chi connectivity index (χ1) is 15.6. The van der Waals surface area contributed by atoms with Crippen molar-refractivity contribution in [1.82, 2.24) is 15.5 Å². The minimum absolute atomic E-state index is 0.0399. The predicted octanol–water partition coefficient (Wildman–Crippen LogP) is 2.62. The van der Waals surface area contributed by atoms with Crippen LogP contribution in [0.2, 0.25) is 0 Å². The first-order valence-electron chi connectivity index (χ1n) is 10.9. The van der Waals surface area contributed by atoms with Crippen LogP contribution in [0.4, 0.5) is 0 Å². The summed E-state index contributed by atoms with van der Waals surface area (Å²) in [5, 5.41) is 14.9. The van der Waals surface area contributed by atoms with Gasteiger partial charge in [0.25, 0.3) is 5.91 Å². The van der Waals surface area contributed by atoms with E-state index in [1.54, 1.807) is 29.2 Å². The van der Waals surface area contributed by atoms with Gasteiger partial charge in [0.1, 0.15) is 0 Å². The molecule has 1 saturated heterocycles. The molecular weight excluding hydrogens is 404 g/mol. The molecule has 3 amide bonds. The summed E-state index contributed by atoms with van der Waals surface area (Å²) in [6.07, 6.45) is 2.04. The lowest BCUT2D eigenvalue weighted by atomic mass is 9.97. The van der Waals surface area contributed by atoms with Gasteiger partial charge in [0, 0.05) is 44.1 Å². The second-order valence-corrected chi connectivity index (χ2v) is 7.92. The Morgan fingerprint density at radius 3 is 2.69 bits per heavy atom. The van der Waals surface area contributed by atoms with Crippen molar-refractivity contribution in [2.75, 3.05) is 19.6 Å². The van der Waals surface area contributed by atoms with E-state index in [2.05, 4.69) is 10.6 Å². The van der Waals surface area contributed by atoms with E-state index in [1.165, 1.54) is 0 Å². The van der Waals surface area contributed by atoms with Crippen LogP contribution < -0.4 is 10.6 Å². The molecule has 1 fully saturated rings. The second kappa shape index (κ2) is 11.7. The van der Waals surface area contributed by atoms with Crippen molar-refractivity contribution in [2.24, 2.45) is 5.92 Å². The Balaban J connectivity index is 1.64. The van der Waals surface area contributed by atoms with Crippen LogP contribution in [0.3, 0.4) is 0 Å². The van der Waals surface area contributed by atoms with Crippen molar-refractivity contribution in [1.29, 1.82) is 5.26 Å². The summed E-state index contributed by atoms with van der Waals surface area (Å²) >= 11 is 0. The van der Waals surface area contributed by atoms with Gasteiger partial charge in [-0.2, -0.15) is 5.26 Å². The molecule has 0 spiro atoms. The number of hydrogen-bond acceptors (Lipinski definition) is 4. The fraction of sp³-hybridized carbons (Fsp3) is 0.360. The standard InChI is InChI=1S/C25H28N4O3/c26-17-20-8-4-9-22(16-20)25(32)29-14-5-10-21(11-13-27-23(30)12-15-29)24(31)28-18-19-6-2-1-3-7-19/h1-4,6-9,16,21H,5,10-15,18H2,(H,27,30)(H,28,31). The Hall–Kier alpha value is -3.66. The van der Waals surface area contributed by atoms with Gasteiger partial charge >= 0.3 is 0 Å². The predicted molar refractivity (Wildman–Crippen MR) is 120 cm³/mol. The average Bonchev–Trinajstić information content (AvgIpc) is 2.87. The molecule has 3 rings (SSSR count). The molecule has 0 aromatic heterocycles. The van der Waals surface area contributed by atoms with Crippen LogP contribution in [0, 0.1) is 17.2 Å². The Bertz CT molecular complexity index is 984. The minimum Gasteiger partial charge on any atom is -0.356 e. The average molecular weight is 433 g/mol. The van der Waals surface area contributed by atoms with Crippen LogP contribution in [-0.4, -0.2) is 42.3 Å². The van der Waals surface area contributed by atoms with E-state index in [0.717, 1.165) is 5.56 Å². The lowest BCUT2D eigenvalue weighted by Crippen LogP contribution is -2.35. The second-order valence-electron chi connectivity index (χ2n) is 7.92. The molecule has 166 valence electrons. The number of hydrogen-bond donors (Lipinski definition) is 2. The summed E-state index contributed by atoms with van der Waals surface area (Å²) in [5.41, 5.74) is 1.88. The van der Waals surface area contributed by atoms with Gasteiger partial charge in [-0.15, -0.1) is 0 Å².